The zero-order valence-electron chi connectivity index (χ0n) is 13.5. The largest absolute Gasteiger partial charge is 0.393 e. The fraction of sp³-hybridized carbons (Fsp3) is 0.812. The highest BCUT2D eigenvalue weighted by molar-refractivity contribution is 5.25. The maximum atomic E-state index is 9.85. The van der Waals surface area contributed by atoms with Crippen LogP contribution < -0.4 is 5.32 Å². The highest BCUT2D eigenvalue weighted by atomic mass is 16.3. The Morgan fingerprint density at radius 1 is 1.30 bits per heavy atom. The van der Waals surface area contributed by atoms with Gasteiger partial charge in [0.25, 0.3) is 0 Å². The summed E-state index contributed by atoms with van der Waals surface area (Å²) >= 11 is 0. The molecule has 1 fully saturated rings. The number of hydrogen-bond acceptors (Lipinski definition) is 3. The number of aliphatic hydroxyl groups excluding tert-OH is 1. The smallest absolute Gasteiger partial charge is 0.0641 e. The lowest BCUT2D eigenvalue weighted by molar-refractivity contribution is 0.131. The molecule has 20 heavy (non-hydrogen) atoms. The normalized spacial score (nSPS) is 23.5. The quantitative estimate of drug-likeness (QED) is 0.890. The van der Waals surface area contributed by atoms with Crippen LogP contribution in [0.4, 0.5) is 0 Å². The molecule has 4 heteroatoms. The second-order valence-electron chi connectivity index (χ2n) is 7.12. The standard InChI is InChI=1S/C16H29N3O/c1-11-14(12(2)19(18-11)16(3,4)5)10-17-9-13-7-6-8-15(13)20/h13,15,17,20H,6-10H2,1-5H3. The number of nitrogens with zero attached hydrogens (tertiary/aromatic N) is 2. The van der Waals surface area contributed by atoms with Crippen LogP contribution in [0.3, 0.4) is 0 Å². The second-order valence-corrected chi connectivity index (χ2v) is 7.12. The van der Waals surface area contributed by atoms with Crippen LogP contribution in [0.2, 0.25) is 0 Å². The molecule has 0 aromatic carbocycles. The molecule has 1 saturated carbocycles. The van der Waals surface area contributed by atoms with Crippen LogP contribution >= 0.6 is 0 Å². The van der Waals surface area contributed by atoms with E-state index in [1.807, 2.05) is 0 Å². The fourth-order valence-corrected chi connectivity index (χ4v) is 3.22. The van der Waals surface area contributed by atoms with E-state index >= 15 is 0 Å². The summed E-state index contributed by atoms with van der Waals surface area (Å²) in [6.45, 7) is 12.5. The lowest BCUT2D eigenvalue weighted by atomic mass is 10.1. The Morgan fingerprint density at radius 3 is 2.50 bits per heavy atom. The van der Waals surface area contributed by atoms with Crippen molar-refractivity contribution in [3.63, 3.8) is 0 Å². The van der Waals surface area contributed by atoms with Crippen LogP contribution in [-0.4, -0.2) is 27.5 Å². The molecule has 0 bridgehead atoms. The van der Waals surface area contributed by atoms with Gasteiger partial charge in [0.15, 0.2) is 0 Å². The average Bonchev–Trinajstić information content (AvgIpc) is 2.86. The van der Waals surface area contributed by atoms with Crippen LogP contribution in [0.1, 0.15) is 57.0 Å². The number of hydrogen-bond donors (Lipinski definition) is 2. The molecule has 1 aliphatic carbocycles. The summed E-state index contributed by atoms with van der Waals surface area (Å²) in [5.41, 5.74) is 3.67. The lowest BCUT2D eigenvalue weighted by Gasteiger charge is -2.21. The molecule has 0 aliphatic heterocycles. The summed E-state index contributed by atoms with van der Waals surface area (Å²) in [5, 5.41) is 18.0. The Balaban J connectivity index is 1.98. The van der Waals surface area contributed by atoms with Gasteiger partial charge in [-0.3, -0.25) is 4.68 Å². The van der Waals surface area contributed by atoms with E-state index in [1.165, 1.54) is 11.3 Å². The third-order valence-electron chi connectivity index (χ3n) is 4.40. The van der Waals surface area contributed by atoms with Crippen molar-refractivity contribution in [3.05, 3.63) is 17.0 Å². The van der Waals surface area contributed by atoms with Crippen LogP contribution in [0, 0.1) is 19.8 Å². The summed E-state index contributed by atoms with van der Waals surface area (Å²) in [5.74, 6) is 0.424. The zero-order valence-corrected chi connectivity index (χ0v) is 13.5. The van der Waals surface area contributed by atoms with Crippen molar-refractivity contribution in [3.8, 4) is 0 Å². The molecule has 114 valence electrons. The molecule has 4 nitrogen and oxygen atoms in total. The first-order valence-corrected chi connectivity index (χ1v) is 7.75. The minimum atomic E-state index is -0.109. The van der Waals surface area contributed by atoms with Crippen molar-refractivity contribution in [1.29, 1.82) is 0 Å². The first-order valence-electron chi connectivity index (χ1n) is 7.75. The summed E-state index contributed by atoms with van der Waals surface area (Å²) < 4.78 is 2.11. The van der Waals surface area contributed by atoms with E-state index in [0.29, 0.717) is 5.92 Å². The second kappa shape index (κ2) is 5.86. The third-order valence-corrected chi connectivity index (χ3v) is 4.40. The number of nitrogens with one attached hydrogen (secondary N) is 1. The lowest BCUT2D eigenvalue weighted by Crippen LogP contribution is -2.28. The fourth-order valence-electron chi connectivity index (χ4n) is 3.22. The first kappa shape index (κ1) is 15.5. The van der Waals surface area contributed by atoms with Gasteiger partial charge in [-0.2, -0.15) is 5.10 Å². The molecule has 0 amide bonds. The minimum Gasteiger partial charge on any atom is -0.393 e. The van der Waals surface area contributed by atoms with Gasteiger partial charge in [-0.05, 0) is 53.4 Å². The highest BCUT2D eigenvalue weighted by Gasteiger charge is 2.25. The van der Waals surface area contributed by atoms with Gasteiger partial charge in [0.2, 0.25) is 0 Å². The van der Waals surface area contributed by atoms with Crippen molar-refractivity contribution in [2.24, 2.45) is 5.92 Å². The molecule has 2 atom stereocenters. The topological polar surface area (TPSA) is 50.1 Å². The van der Waals surface area contributed by atoms with E-state index < -0.39 is 0 Å². The summed E-state index contributed by atoms with van der Waals surface area (Å²) in [6.07, 6.45) is 3.16. The van der Waals surface area contributed by atoms with Crippen molar-refractivity contribution < 1.29 is 5.11 Å². The molecule has 1 aliphatic rings. The van der Waals surface area contributed by atoms with Crippen molar-refractivity contribution >= 4 is 0 Å². The van der Waals surface area contributed by atoms with E-state index in [4.69, 9.17) is 0 Å². The summed E-state index contributed by atoms with van der Waals surface area (Å²) in [6, 6.07) is 0. The minimum absolute atomic E-state index is 0.0226. The van der Waals surface area contributed by atoms with Gasteiger partial charge in [0.05, 0.1) is 17.3 Å². The molecule has 0 radical (unpaired) electrons. The Morgan fingerprint density at radius 2 is 2.00 bits per heavy atom. The first-order chi connectivity index (χ1) is 9.30. The van der Waals surface area contributed by atoms with Crippen molar-refractivity contribution in [2.45, 2.75) is 72.1 Å². The van der Waals surface area contributed by atoms with Gasteiger partial charge < -0.3 is 10.4 Å². The molecule has 0 spiro atoms. The number of aromatic nitrogens is 2. The van der Waals surface area contributed by atoms with Crippen LogP contribution in [-0.2, 0) is 12.1 Å². The van der Waals surface area contributed by atoms with Crippen molar-refractivity contribution in [2.75, 3.05) is 6.54 Å². The zero-order chi connectivity index (χ0) is 14.9. The molecule has 1 aromatic rings. The van der Waals surface area contributed by atoms with Gasteiger partial charge in [-0.1, -0.05) is 6.42 Å². The molecule has 2 rings (SSSR count). The van der Waals surface area contributed by atoms with E-state index in [-0.39, 0.29) is 11.6 Å². The molecular weight excluding hydrogens is 250 g/mol. The third kappa shape index (κ3) is 3.23. The molecule has 1 heterocycles. The van der Waals surface area contributed by atoms with Gasteiger partial charge in [-0.15, -0.1) is 0 Å². The van der Waals surface area contributed by atoms with E-state index in [1.54, 1.807) is 0 Å². The van der Waals surface area contributed by atoms with E-state index in [0.717, 1.165) is 38.0 Å². The number of rotatable bonds is 4. The summed E-state index contributed by atoms with van der Waals surface area (Å²) in [7, 11) is 0. The van der Waals surface area contributed by atoms with Crippen LogP contribution in [0.15, 0.2) is 0 Å². The number of aliphatic hydroxyl groups is 1. The Kier molecular flexibility index (Phi) is 4.55. The molecular formula is C16H29N3O. The monoisotopic (exact) mass is 279 g/mol. The Bertz CT molecular complexity index is 459. The van der Waals surface area contributed by atoms with Gasteiger partial charge >= 0.3 is 0 Å². The Hall–Kier alpha value is -0.870. The number of aryl methyl sites for hydroxylation is 1. The molecule has 1 aromatic heterocycles. The predicted molar refractivity (Wildman–Crippen MR) is 81.8 cm³/mol. The highest BCUT2D eigenvalue weighted by Crippen LogP contribution is 2.25. The summed E-state index contributed by atoms with van der Waals surface area (Å²) in [4.78, 5) is 0. The SMILES string of the molecule is Cc1nn(C(C)(C)C)c(C)c1CNCC1CCCC1O. The molecule has 2 N–H and O–H groups in total. The van der Waals surface area contributed by atoms with Gasteiger partial charge in [-0.25, -0.2) is 0 Å². The van der Waals surface area contributed by atoms with Gasteiger partial charge in [0, 0.05) is 24.3 Å². The predicted octanol–water partition coefficient (Wildman–Crippen LogP) is 2.51. The molecule has 0 saturated heterocycles. The van der Waals surface area contributed by atoms with Crippen LogP contribution in [0.25, 0.3) is 0 Å². The van der Waals surface area contributed by atoms with Crippen LogP contribution in [0.5, 0.6) is 0 Å². The maximum absolute atomic E-state index is 9.85. The van der Waals surface area contributed by atoms with Crippen molar-refractivity contribution in [1.82, 2.24) is 15.1 Å². The molecule has 2 unspecified atom stereocenters. The average molecular weight is 279 g/mol. The van der Waals surface area contributed by atoms with E-state index in [2.05, 4.69) is 49.7 Å². The maximum Gasteiger partial charge on any atom is 0.0641 e. The van der Waals surface area contributed by atoms with Gasteiger partial charge in [0.1, 0.15) is 0 Å². The Labute approximate surface area is 122 Å². The van der Waals surface area contributed by atoms with E-state index in [9.17, 15) is 5.11 Å².